The van der Waals surface area contributed by atoms with Gasteiger partial charge in [0.05, 0.1) is 17.8 Å². The van der Waals surface area contributed by atoms with E-state index in [4.69, 9.17) is 0 Å². The number of pyridine rings is 1. The Balaban J connectivity index is 1.50. The lowest BCUT2D eigenvalue weighted by molar-refractivity contribution is -0.152. The van der Waals surface area contributed by atoms with Gasteiger partial charge in [0.25, 0.3) is 0 Å². The summed E-state index contributed by atoms with van der Waals surface area (Å²) >= 11 is 0. The van der Waals surface area contributed by atoms with Crippen molar-refractivity contribution in [3.63, 3.8) is 0 Å². The van der Waals surface area contributed by atoms with E-state index in [9.17, 15) is 14.3 Å². The Hall–Kier alpha value is -2.90. The number of H-pyrrole nitrogens is 1. The molecule has 2 bridgehead atoms. The number of halogens is 1. The molecule has 3 aliphatic rings. The number of aliphatic carboxylic acids is 1. The molecule has 0 amide bonds. The molecule has 0 aromatic carbocycles. The highest BCUT2D eigenvalue weighted by molar-refractivity contribution is 5.88. The number of carboxylic acids is 1. The van der Waals surface area contributed by atoms with E-state index in [1.807, 2.05) is 6.07 Å². The predicted octanol–water partition coefficient (Wildman–Crippen LogP) is 3.23. The van der Waals surface area contributed by atoms with Crippen LogP contribution in [0.3, 0.4) is 0 Å². The zero-order chi connectivity index (χ0) is 19.3. The fraction of sp³-hybridized carbons (Fsp3) is 0.450. The Kier molecular flexibility index (Phi) is 4.07. The highest BCUT2D eigenvalue weighted by Crippen LogP contribution is 2.50. The maximum Gasteiger partial charge on any atom is 0.307 e. The average Bonchev–Trinajstić information content (AvgIpc) is 3.14. The second-order valence-electron chi connectivity index (χ2n) is 7.87. The third kappa shape index (κ3) is 2.75. The molecule has 0 radical (unpaired) electrons. The fourth-order valence-corrected chi connectivity index (χ4v) is 5.16. The molecule has 3 fully saturated rings. The third-order valence-corrected chi connectivity index (χ3v) is 6.48. The molecule has 2 atom stereocenters. The molecule has 3 aliphatic carbocycles. The van der Waals surface area contributed by atoms with Crippen molar-refractivity contribution >= 4 is 17.0 Å². The van der Waals surface area contributed by atoms with Crippen LogP contribution < -0.4 is 0 Å². The maximum atomic E-state index is 14.5. The van der Waals surface area contributed by atoms with E-state index in [0.29, 0.717) is 29.5 Å². The average molecular weight is 381 g/mol. The largest absolute Gasteiger partial charge is 0.481 e. The van der Waals surface area contributed by atoms with Gasteiger partial charge < -0.3 is 5.11 Å². The summed E-state index contributed by atoms with van der Waals surface area (Å²) in [6.45, 7) is 0. The lowest BCUT2D eigenvalue weighted by atomic mass is 9.57. The first kappa shape index (κ1) is 17.2. The van der Waals surface area contributed by atoms with Crippen LogP contribution in [0.25, 0.3) is 22.6 Å². The summed E-state index contributed by atoms with van der Waals surface area (Å²) in [5.41, 5.74) is 1.41. The monoisotopic (exact) mass is 381 g/mol. The standard InChI is InChI=1S/C20H20FN5O2/c21-14-9-23-19(17-12-2-1-7-22-18(12)26-25-17)24-15(14)8-13-10-3-5-11(6-4-10)16(13)20(27)28/h1-2,7,9-11,13,16H,3-6,8H2,(H,27,28)(H,22,25,26)/t10?,11?,13-,16-/m0/s1. The van der Waals surface area contributed by atoms with Gasteiger partial charge in [0.15, 0.2) is 17.3 Å². The van der Waals surface area contributed by atoms with Crippen LogP contribution in [-0.4, -0.2) is 36.2 Å². The molecule has 3 heterocycles. The zero-order valence-corrected chi connectivity index (χ0v) is 15.2. The van der Waals surface area contributed by atoms with Crippen molar-refractivity contribution in [3.8, 4) is 11.5 Å². The van der Waals surface area contributed by atoms with Crippen LogP contribution in [0.4, 0.5) is 4.39 Å². The van der Waals surface area contributed by atoms with Crippen molar-refractivity contribution in [2.75, 3.05) is 0 Å². The lowest BCUT2D eigenvalue weighted by Gasteiger charge is -2.46. The van der Waals surface area contributed by atoms with Crippen LogP contribution in [0.1, 0.15) is 31.4 Å². The highest BCUT2D eigenvalue weighted by Gasteiger charge is 2.47. The van der Waals surface area contributed by atoms with Gasteiger partial charge in [0.2, 0.25) is 0 Å². The maximum absolute atomic E-state index is 14.5. The SMILES string of the molecule is O=C(O)[C@H]1C2CCC(CC2)[C@@H]1Cc1nc(-c2[nH]nc3ncccc23)ncc1F. The smallest absolute Gasteiger partial charge is 0.307 e. The Morgan fingerprint density at radius 3 is 2.79 bits per heavy atom. The van der Waals surface area contributed by atoms with Crippen molar-refractivity contribution in [1.29, 1.82) is 0 Å². The number of rotatable bonds is 4. The van der Waals surface area contributed by atoms with Crippen molar-refractivity contribution < 1.29 is 14.3 Å². The molecule has 0 unspecified atom stereocenters. The number of hydrogen-bond acceptors (Lipinski definition) is 5. The van der Waals surface area contributed by atoms with Gasteiger partial charge in [-0.15, -0.1) is 0 Å². The molecule has 7 nitrogen and oxygen atoms in total. The van der Waals surface area contributed by atoms with Crippen LogP contribution in [-0.2, 0) is 11.2 Å². The van der Waals surface area contributed by atoms with E-state index in [2.05, 4.69) is 25.1 Å². The summed E-state index contributed by atoms with van der Waals surface area (Å²) in [6, 6.07) is 3.65. The number of nitrogens with one attached hydrogen (secondary N) is 1. The molecule has 3 aromatic heterocycles. The summed E-state index contributed by atoms with van der Waals surface area (Å²) in [5.74, 6) is -0.888. The van der Waals surface area contributed by atoms with Gasteiger partial charge in [-0.25, -0.2) is 19.3 Å². The van der Waals surface area contributed by atoms with Crippen LogP contribution in [0, 0.1) is 29.5 Å². The Morgan fingerprint density at radius 1 is 1.21 bits per heavy atom. The van der Waals surface area contributed by atoms with Crippen molar-refractivity contribution in [2.45, 2.75) is 32.1 Å². The van der Waals surface area contributed by atoms with E-state index >= 15 is 0 Å². The molecule has 3 aromatic rings. The van der Waals surface area contributed by atoms with E-state index in [1.165, 1.54) is 0 Å². The quantitative estimate of drug-likeness (QED) is 0.719. The van der Waals surface area contributed by atoms with E-state index < -0.39 is 17.7 Å². The fourth-order valence-electron chi connectivity index (χ4n) is 5.16. The van der Waals surface area contributed by atoms with Gasteiger partial charge in [-0.2, -0.15) is 5.10 Å². The Morgan fingerprint density at radius 2 is 2.00 bits per heavy atom. The normalized spacial score (nSPS) is 26.6. The van der Waals surface area contributed by atoms with E-state index in [1.54, 1.807) is 12.3 Å². The van der Waals surface area contributed by atoms with E-state index in [0.717, 1.165) is 37.3 Å². The van der Waals surface area contributed by atoms with Crippen molar-refractivity contribution in [3.05, 3.63) is 36.0 Å². The first-order valence-electron chi connectivity index (χ1n) is 9.65. The molecule has 3 saturated carbocycles. The predicted molar refractivity (Wildman–Crippen MR) is 98.6 cm³/mol. The first-order valence-corrected chi connectivity index (χ1v) is 9.65. The lowest BCUT2D eigenvalue weighted by Crippen LogP contribution is -2.45. The summed E-state index contributed by atoms with van der Waals surface area (Å²) in [7, 11) is 0. The molecule has 6 rings (SSSR count). The van der Waals surface area contributed by atoms with Crippen molar-refractivity contribution in [2.24, 2.45) is 23.7 Å². The van der Waals surface area contributed by atoms with Crippen LogP contribution in [0.15, 0.2) is 24.5 Å². The van der Waals surface area contributed by atoms with Crippen LogP contribution in [0.2, 0.25) is 0 Å². The zero-order valence-electron chi connectivity index (χ0n) is 15.2. The number of aromatic amines is 1. The minimum atomic E-state index is -0.764. The topological polar surface area (TPSA) is 105 Å². The Labute approximate surface area is 160 Å². The number of carbonyl (C=O) groups is 1. The molecular formula is C20H20FN5O2. The minimum absolute atomic E-state index is 0.0811. The van der Waals surface area contributed by atoms with Crippen molar-refractivity contribution in [1.82, 2.24) is 25.1 Å². The molecule has 0 spiro atoms. The van der Waals surface area contributed by atoms with Gasteiger partial charge in [-0.1, -0.05) is 0 Å². The van der Waals surface area contributed by atoms with Gasteiger partial charge in [0, 0.05) is 11.6 Å². The summed E-state index contributed by atoms with van der Waals surface area (Å²) in [5, 5.41) is 17.5. The number of aromatic nitrogens is 5. The van der Waals surface area contributed by atoms with Crippen LogP contribution in [0.5, 0.6) is 0 Å². The second kappa shape index (κ2) is 6.61. The summed E-state index contributed by atoms with van der Waals surface area (Å²) < 4.78 is 14.5. The Bertz CT molecular complexity index is 1040. The van der Waals surface area contributed by atoms with E-state index in [-0.39, 0.29) is 17.5 Å². The van der Waals surface area contributed by atoms with Gasteiger partial charge in [-0.3, -0.25) is 9.89 Å². The number of fused-ring (bicyclic) bond motifs is 4. The molecule has 2 N–H and O–H groups in total. The first-order chi connectivity index (χ1) is 13.6. The molecule has 0 aliphatic heterocycles. The highest BCUT2D eigenvalue weighted by atomic mass is 19.1. The number of hydrogen-bond donors (Lipinski definition) is 2. The second-order valence-corrected chi connectivity index (χ2v) is 7.87. The molecule has 28 heavy (non-hydrogen) atoms. The van der Waals surface area contributed by atoms with Crippen LogP contribution >= 0.6 is 0 Å². The minimum Gasteiger partial charge on any atom is -0.481 e. The third-order valence-electron chi connectivity index (χ3n) is 6.48. The van der Waals surface area contributed by atoms with Gasteiger partial charge >= 0.3 is 5.97 Å². The molecule has 144 valence electrons. The molecular weight excluding hydrogens is 361 g/mol. The number of carboxylic acid groups (broad SMARTS) is 1. The molecule has 0 saturated heterocycles. The summed E-state index contributed by atoms with van der Waals surface area (Å²) in [4.78, 5) is 24.6. The van der Waals surface area contributed by atoms with Gasteiger partial charge in [-0.05, 0) is 62.0 Å². The molecule has 8 heteroatoms. The number of nitrogens with zero attached hydrogens (tertiary/aromatic N) is 4. The summed E-state index contributed by atoms with van der Waals surface area (Å²) in [6.07, 6.45) is 7.10. The van der Waals surface area contributed by atoms with Gasteiger partial charge in [0.1, 0.15) is 5.69 Å².